The van der Waals surface area contributed by atoms with Gasteiger partial charge in [-0.2, -0.15) is 4.98 Å². The van der Waals surface area contributed by atoms with Gasteiger partial charge in [0.25, 0.3) is 0 Å². The summed E-state index contributed by atoms with van der Waals surface area (Å²) in [6.07, 6.45) is 9.71. The van der Waals surface area contributed by atoms with Gasteiger partial charge in [-0.15, -0.1) is 0 Å². The lowest BCUT2D eigenvalue weighted by Gasteiger charge is -2.33. The van der Waals surface area contributed by atoms with Gasteiger partial charge in [0.1, 0.15) is 11.6 Å². The summed E-state index contributed by atoms with van der Waals surface area (Å²) in [5, 5.41) is 4.87. The number of fused-ring (bicyclic) bond motifs is 1. The van der Waals surface area contributed by atoms with Crippen LogP contribution in [-0.4, -0.2) is 110 Å². The molecule has 3 saturated heterocycles. The number of nitrogens with zero attached hydrogens (tertiary/aromatic N) is 6. The standard InChI is InChI=1S/C31H45N7O/c1-35-13-7-17-38(21-20-35)31-33-28-22-24(8-3-4-14-36-15-5-6-16-36)29(39-2)23-27(28)30(34-31)32-25-11-18-37(19-12-25)26-9-10-26/h22-23,25-26H,4-7,9-21H2,1-2H3,(H,32,33,34). The molecule has 1 aromatic carbocycles. The molecule has 0 unspecified atom stereocenters. The molecule has 2 aromatic rings. The lowest BCUT2D eigenvalue weighted by atomic mass is 10.0. The highest BCUT2D eigenvalue weighted by Gasteiger charge is 2.32. The zero-order valence-electron chi connectivity index (χ0n) is 23.9. The Kier molecular flexibility index (Phi) is 8.38. The van der Waals surface area contributed by atoms with E-state index >= 15 is 0 Å². The van der Waals surface area contributed by atoms with Gasteiger partial charge < -0.3 is 29.7 Å². The molecule has 4 heterocycles. The second-order valence-electron chi connectivity index (χ2n) is 11.9. The monoisotopic (exact) mass is 531 g/mol. The Morgan fingerprint density at radius 1 is 0.923 bits per heavy atom. The fourth-order valence-electron chi connectivity index (χ4n) is 6.33. The summed E-state index contributed by atoms with van der Waals surface area (Å²) in [6.45, 7) is 9.89. The molecule has 6 rings (SSSR count). The predicted octanol–water partition coefficient (Wildman–Crippen LogP) is 3.66. The van der Waals surface area contributed by atoms with Crippen molar-refractivity contribution in [2.75, 3.05) is 83.3 Å². The lowest BCUT2D eigenvalue weighted by molar-refractivity contribution is 0.210. The van der Waals surface area contributed by atoms with Gasteiger partial charge >= 0.3 is 0 Å². The first kappa shape index (κ1) is 26.6. The van der Waals surface area contributed by atoms with Gasteiger partial charge in [0.15, 0.2) is 0 Å². The maximum Gasteiger partial charge on any atom is 0.227 e. The molecule has 8 nitrogen and oxygen atoms in total. The molecule has 39 heavy (non-hydrogen) atoms. The Balaban J connectivity index is 1.28. The Bertz CT molecular complexity index is 1190. The number of rotatable bonds is 7. The van der Waals surface area contributed by atoms with Crippen LogP contribution in [0.4, 0.5) is 11.8 Å². The van der Waals surface area contributed by atoms with E-state index in [0.29, 0.717) is 6.04 Å². The molecular formula is C31H45N7O. The maximum absolute atomic E-state index is 5.83. The Morgan fingerprint density at radius 3 is 2.51 bits per heavy atom. The van der Waals surface area contributed by atoms with Crippen LogP contribution in [0.15, 0.2) is 12.1 Å². The number of nitrogens with one attached hydrogen (secondary N) is 1. The van der Waals surface area contributed by atoms with E-state index in [1.165, 1.54) is 51.9 Å². The van der Waals surface area contributed by atoms with E-state index in [4.69, 9.17) is 14.7 Å². The molecular weight excluding hydrogens is 486 g/mol. The second kappa shape index (κ2) is 12.3. The highest BCUT2D eigenvalue weighted by Crippen LogP contribution is 2.33. The lowest BCUT2D eigenvalue weighted by Crippen LogP contribution is -2.40. The topological polar surface area (TPSA) is 60.0 Å². The maximum atomic E-state index is 5.83. The first-order chi connectivity index (χ1) is 19.2. The molecule has 1 saturated carbocycles. The molecule has 1 aliphatic carbocycles. The largest absolute Gasteiger partial charge is 0.495 e. The van der Waals surface area contributed by atoms with Crippen LogP contribution in [0, 0.1) is 11.8 Å². The zero-order valence-corrected chi connectivity index (χ0v) is 23.9. The van der Waals surface area contributed by atoms with Gasteiger partial charge in [0, 0.05) is 63.2 Å². The van der Waals surface area contributed by atoms with Crippen molar-refractivity contribution in [3.63, 3.8) is 0 Å². The van der Waals surface area contributed by atoms with Gasteiger partial charge in [-0.1, -0.05) is 11.8 Å². The van der Waals surface area contributed by atoms with Gasteiger partial charge in [-0.05, 0) is 83.8 Å². The third-order valence-electron chi connectivity index (χ3n) is 8.92. The third kappa shape index (κ3) is 6.59. The molecule has 1 aromatic heterocycles. The summed E-state index contributed by atoms with van der Waals surface area (Å²) in [4.78, 5) is 20.2. The minimum absolute atomic E-state index is 0.428. The van der Waals surface area contributed by atoms with Gasteiger partial charge in [0.05, 0.1) is 18.2 Å². The van der Waals surface area contributed by atoms with Gasteiger partial charge in [0.2, 0.25) is 5.95 Å². The fraction of sp³-hybridized carbons (Fsp3) is 0.677. The molecule has 8 heteroatoms. The van der Waals surface area contributed by atoms with Crippen LogP contribution >= 0.6 is 0 Å². The van der Waals surface area contributed by atoms with Crippen molar-refractivity contribution in [1.82, 2.24) is 24.7 Å². The van der Waals surface area contributed by atoms with Gasteiger partial charge in [-0.3, -0.25) is 0 Å². The number of methoxy groups -OCH3 is 1. The van der Waals surface area contributed by atoms with E-state index in [9.17, 15) is 0 Å². The van der Waals surface area contributed by atoms with Crippen LogP contribution < -0.4 is 15.0 Å². The first-order valence-electron chi connectivity index (χ1n) is 15.2. The van der Waals surface area contributed by atoms with Gasteiger partial charge in [-0.25, -0.2) is 4.98 Å². The van der Waals surface area contributed by atoms with Crippen molar-refractivity contribution in [3.05, 3.63) is 17.7 Å². The number of anilines is 2. The van der Waals surface area contributed by atoms with Crippen molar-refractivity contribution in [2.45, 2.75) is 63.5 Å². The molecule has 0 radical (unpaired) electrons. The average molecular weight is 532 g/mol. The van der Waals surface area contributed by atoms with Crippen LogP contribution in [0.25, 0.3) is 10.9 Å². The number of ether oxygens (including phenoxy) is 1. The summed E-state index contributed by atoms with van der Waals surface area (Å²) < 4.78 is 5.83. The quantitative estimate of drug-likeness (QED) is 0.544. The number of hydrogen-bond acceptors (Lipinski definition) is 8. The minimum Gasteiger partial charge on any atom is -0.495 e. The first-order valence-corrected chi connectivity index (χ1v) is 15.2. The van der Waals surface area contributed by atoms with Crippen LogP contribution in [0.1, 0.15) is 56.9 Å². The van der Waals surface area contributed by atoms with Crippen molar-refractivity contribution in [3.8, 4) is 17.6 Å². The van der Waals surface area contributed by atoms with Crippen LogP contribution in [0.5, 0.6) is 5.75 Å². The van der Waals surface area contributed by atoms with E-state index in [1.54, 1.807) is 7.11 Å². The van der Waals surface area contributed by atoms with E-state index in [2.05, 4.69) is 55.9 Å². The van der Waals surface area contributed by atoms with E-state index in [0.717, 1.165) is 98.4 Å². The Labute approximate surface area is 234 Å². The molecule has 3 aliphatic heterocycles. The van der Waals surface area contributed by atoms with E-state index in [-0.39, 0.29) is 0 Å². The number of hydrogen-bond donors (Lipinski definition) is 1. The second-order valence-corrected chi connectivity index (χ2v) is 11.9. The number of likely N-dealkylation sites (N-methyl/N-ethyl adjacent to an activating group) is 1. The molecule has 0 bridgehead atoms. The SMILES string of the molecule is COc1cc2c(NC3CCN(C4CC4)CC3)nc(N3CCCN(C)CC3)nc2cc1C#CCCN1CCCC1. The van der Waals surface area contributed by atoms with E-state index < -0.39 is 0 Å². The zero-order chi connectivity index (χ0) is 26.6. The molecule has 210 valence electrons. The normalized spacial score (nSPS) is 22.1. The van der Waals surface area contributed by atoms with Crippen molar-refractivity contribution in [2.24, 2.45) is 0 Å². The van der Waals surface area contributed by atoms with Crippen LogP contribution in [0.3, 0.4) is 0 Å². The van der Waals surface area contributed by atoms with Crippen molar-refractivity contribution >= 4 is 22.7 Å². The smallest absolute Gasteiger partial charge is 0.227 e. The Hall–Kier alpha value is -2.60. The molecule has 1 N–H and O–H groups in total. The van der Waals surface area contributed by atoms with Crippen molar-refractivity contribution in [1.29, 1.82) is 0 Å². The fourth-order valence-corrected chi connectivity index (χ4v) is 6.33. The molecule has 4 fully saturated rings. The summed E-state index contributed by atoms with van der Waals surface area (Å²) in [7, 11) is 3.94. The van der Waals surface area contributed by atoms with E-state index in [1.807, 2.05) is 0 Å². The summed E-state index contributed by atoms with van der Waals surface area (Å²) >= 11 is 0. The molecule has 4 aliphatic rings. The summed E-state index contributed by atoms with van der Waals surface area (Å²) in [6, 6.07) is 5.49. The minimum atomic E-state index is 0.428. The highest BCUT2D eigenvalue weighted by atomic mass is 16.5. The molecule has 0 amide bonds. The molecule has 0 spiro atoms. The summed E-state index contributed by atoms with van der Waals surface area (Å²) in [5.41, 5.74) is 1.86. The predicted molar refractivity (Wildman–Crippen MR) is 159 cm³/mol. The Morgan fingerprint density at radius 2 is 1.74 bits per heavy atom. The number of benzene rings is 1. The summed E-state index contributed by atoms with van der Waals surface area (Å²) in [5.74, 6) is 9.38. The van der Waals surface area contributed by atoms with Crippen LogP contribution in [0.2, 0.25) is 0 Å². The number of aromatic nitrogens is 2. The highest BCUT2D eigenvalue weighted by molar-refractivity contribution is 5.93. The molecule has 0 atom stereocenters. The van der Waals surface area contributed by atoms with Crippen LogP contribution in [-0.2, 0) is 0 Å². The number of likely N-dealkylation sites (tertiary alicyclic amines) is 2. The average Bonchev–Trinajstić information content (AvgIpc) is 3.72. The van der Waals surface area contributed by atoms with Crippen molar-refractivity contribution < 1.29 is 4.74 Å². The third-order valence-corrected chi connectivity index (χ3v) is 8.92. The number of piperidine rings is 1.